The van der Waals surface area contributed by atoms with Gasteiger partial charge in [-0.1, -0.05) is 18.2 Å². The molecule has 1 fully saturated rings. The lowest BCUT2D eigenvalue weighted by Gasteiger charge is -2.28. The molecule has 1 aliphatic heterocycles. The molecule has 1 saturated heterocycles. The molecule has 2 aromatic carbocycles. The van der Waals surface area contributed by atoms with Crippen molar-refractivity contribution in [1.82, 2.24) is 5.32 Å². The first-order chi connectivity index (χ1) is 15.2. The van der Waals surface area contributed by atoms with Crippen molar-refractivity contribution < 1.29 is 31.9 Å². The third-order valence-corrected chi connectivity index (χ3v) is 4.65. The Balaban J connectivity index is 1.59. The van der Waals surface area contributed by atoms with Crippen LogP contribution in [-0.2, 0) is 15.8 Å². The van der Waals surface area contributed by atoms with Gasteiger partial charge in [0.1, 0.15) is 22.8 Å². The monoisotopic (exact) mass is 458 g/mol. The molecule has 0 atom stereocenters. The van der Waals surface area contributed by atoms with Gasteiger partial charge >= 0.3 is 6.18 Å². The number of amides is 2. The molecule has 1 aromatic heterocycles. The molecular weight excluding hydrogens is 445 g/mol. The third kappa shape index (κ3) is 4.40. The summed E-state index contributed by atoms with van der Waals surface area (Å²) in [5.74, 6) is -2.06. The van der Waals surface area contributed by atoms with E-state index in [1.54, 1.807) is 36.4 Å². The van der Waals surface area contributed by atoms with Crippen LogP contribution in [0.1, 0.15) is 11.5 Å². The van der Waals surface area contributed by atoms with Gasteiger partial charge in [0.2, 0.25) is 5.76 Å². The lowest BCUT2D eigenvalue weighted by Crippen LogP contribution is -2.54. The van der Waals surface area contributed by atoms with Crippen LogP contribution in [0.3, 0.4) is 0 Å². The highest BCUT2D eigenvalue weighted by Crippen LogP contribution is 2.32. The van der Waals surface area contributed by atoms with Crippen LogP contribution in [0.4, 0.5) is 18.9 Å². The number of hydrogen-bond acceptors (Lipinski definition) is 5. The molecule has 10 heteroatoms. The number of thiocarbonyl (C=S) groups is 1. The molecule has 4 rings (SSSR count). The van der Waals surface area contributed by atoms with Crippen molar-refractivity contribution in [3.05, 3.63) is 83.8 Å². The number of alkyl halides is 3. The topological polar surface area (TPSA) is 71.8 Å². The van der Waals surface area contributed by atoms with Crippen molar-refractivity contribution in [1.29, 1.82) is 0 Å². The highest BCUT2D eigenvalue weighted by molar-refractivity contribution is 7.80. The Morgan fingerprint density at radius 1 is 0.938 bits per heavy atom. The average Bonchev–Trinajstić information content (AvgIpc) is 3.22. The Labute approximate surface area is 184 Å². The number of para-hydroxylation sites is 1. The summed E-state index contributed by atoms with van der Waals surface area (Å²) in [7, 11) is 0. The second-order valence-corrected chi connectivity index (χ2v) is 6.95. The van der Waals surface area contributed by atoms with Crippen LogP contribution in [0.5, 0.6) is 11.5 Å². The van der Waals surface area contributed by atoms with E-state index >= 15 is 0 Å². The van der Waals surface area contributed by atoms with Gasteiger partial charge in [-0.15, -0.1) is 0 Å². The van der Waals surface area contributed by atoms with E-state index in [1.165, 1.54) is 0 Å². The largest absolute Gasteiger partial charge is 0.457 e. The molecule has 6 nitrogen and oxygen atoms in total. The van der Waals surface area contributed by atoms with Crippen LogP contribution >= 0.6 is 12.2 Å². The standard InChI is InChI=1S/C22H13F3N2O4S/c23-22(24,25)18-11-10-16(31-18)12-17-19(28)26-21(32)27(20(17)29)13-6-8-15(9-7-13)30-14-4-2-1-3-5-14/h1-12H,(H,26,28,32)/b17-12+. The van der Waals surface area contributed by atoms with Crippen LogP contribution in [0.25, 0.3) is 6.08 Å². The number of ether oxygens (including phenoxy) is 1. The Morgan fingerprint density at radius 2 is 1.59 bits per heavy atom. The summed E-state index contributed by atoms with van der Waals surface area (Å²) in [5, 5.41) is 2.19. The van der Waals surface area contributed by atoms with Gasteiger partial charge in [0, 0.05) is 0 Å². The number of benzene rings is 2. The zero-order valence-electron chi connectivity index (χ0n) is 16.1. The zero-order chi connectivity index (χ0) is 22.9. The molecule has 0 spiro atoms. The minimum Gasteiger partial charge on any atom is -0.457 e. The van der Waals surface area contributed by atoms with E-state index in [0.717, 1.165) is 17.0 Å². The van der Waals surface area contributed by atoms with Crippen LogP contribution in [-0.4, -0.2) is 16.9 Å². The summed E-state index contributed by atoms with van der Waals surface area (Å²) in [5.41, 5.74) is -0.0898. The predicted octanol–water partition coefficient (Wildman–Crippen LogP) is 4.92. The van der Waals surface area contributed by atoms with Crippen LogP contribution in [0.2, 0.25) is 0 Å². The molecule has 162 valence electrons. The molecule has 0 radical (unpaired) electrons. The second-order valence-electron chi connectivity index (χ2n) is 6.57. The van der Waals surface area contributed by atoms with Crippen molar-refractivity contribution in [2.75, 3.05) is 4.90 Å². The van der Waals surface area contributed by atoms with E-state index in [4.69, 9.17) is 17.0 Å². The van der Waals surface area contributed by atoms with Crippen molar-refractivity contribution in [2.24, 2.45) is 0 Å². The zero-order valence-corrected chi connectivity index (χ0v) is 16.9. The fraction of sp³-hybridized carbons (Fsp3) is 0.0455. The lowest BCUT2D eigenvalue weighted by atomic mass is 10.1. The fourth-order valence-electron chi connectivity index (χ4n) is 2.90. The van der Waals surface area contributed by atoms with Gasteiger partial charge < -0.3 is 9.15 Å². The summed E-state index contributed by atoms with van der Waals surface area (Å²) in [6, 6.07) is 17.1. The fourth-order valence-corrected chi connectivity index (χ4v) is 3.19. The van der Waals surface area contributed by atoms with Gasteiger partial charge in [-0.2, -0.15) is 13.2 Å². The minimum atomic E-state index is -4.69. The number of carbonyl (C=O) groups excluding carboxylic acids is 2. The normalized spacial score (nSPS) is 15.8. The molecule has 2 amide bonds. The molecule has 1 aliphatic rings. The van der Waals surface area contributed by atoms with Gasteiger partial charge in [0.15, 0.2) is 5.11 Å². The molecule has 0 unspecified atom stereocenters. The van der Waals surface area contributed by atoms with Gasteiger partial charge in [-0.25, -0.2) is 0 Å². The molecule has 3 aromatic rings. The predicted molar refractivity (Wildman–Crippen MR) is 113 cm³/mol. The number of carbonyl (C=O) groups is 2. The summed E-state index contributed by atoms with van der Waals surface area (Å²) >= 11 is 5.11. The van der Waals surface area contributed by atoms with Crippen molar-refractivity contribution >= 4 is 40.9 Å². The maximum absolute atomic E-state index is 12.9. The maximum atomic E-state index is 12.9. The van der Waals surface area contributed by atoms with E-state index in [2.05, 4.69) is 9.73 Å². The van der Waals surface area contributed by atoms with Crippen LogP contribution < -0.4 is 15.0 Å². The van der Waals surface area contributed by atoms with Gasteiger partial charge in [-0.05, 0) is 66.8 Å². The Kier molecular flexibility index (Phi) is 5.54. The first-order valence-corrected chi connectivity index (χ1v) is 9.54. The Bertz CT molecular complexity index is 1220. The minimum absolute atomic E-state index is 0.163. The highest BCUT2D eigenvalue weighted by Gasteiger charge is 2.37. The lowest BCUT2D eigenvalue weighted by molar-refractivity contribution is -0.153. The number of rotatable bonds is 4. The van der Waals surface area contributed by atoms with E-state index in [0.29, 0.717) is 23.3 Å². The number of hydrogen-bond donors (Lipinski definition) is 1. The first kappa shape index (κ1) is 21.3. The number of nitrogens with zero attached hydrogens (tertiary/aromatic N) is 1. The summed E-state index contributed by atoms with van der Waals surface area (Å²) in [6.45, 7) is 0. The van der Waals surface area contributed by atoms with Crippen LogP contribution in [0.15, 0.2) is 76.7 Å². The molecular formula is C22H13F3N2O4S. The molecule has 2 heterocycles. The van der Waals surface area contributed by atoms with Crippen molar-refractivity contribution in [3.8, 4) is 11.5 Å². The van der Waals surface area contributed by atoms with Crippen molar-refractivity contribution in [2.45, 2.75) is 6.18 Å². The molecule has 32 heavy (non-hydrogen) atoms. The smallest absolute Gasteiger partial charge is 0.449 e. The van der Waals surface area contributed by atoms with E-state index in [1.807, 2.05) is 18.2 Å². The summed E-state index contributed by atoms with van der Waals surface area (Å²) < 4.78 is 48.6. The van der Waals surface area contributed by atoms with Crippen molar-refractivity contribution in [3.63, 3.8) is 0 Å². The quantitative estimate of drug-likeness (QED) is 0.341. The van der Waals surface area contributed by atoms with Crippen LogP contribution in [0, 0.1) is 0 Å². The average molecular weight is 458 g/mol. The van der Waals surface area contributed by atoms with Gasteiger partial charge in [0.25, 0.3) is 11.8 Å². The van der Waals surface area contributed by atoms with E-state index in [-0.39, 0.29) is 10.9 Å². The second kappa shape index (κ2) is 8.31. The SMILES string of the molecule is O=C1NC(=S)N(c2ccc(Oc3ccccc3)cc2)C(=O)/C1=C/c1ccc(C(F)(F)F)o1. The summed E-state index contributed by atoms with van der Waals surface area (Å²) in [4.78, 5) is 26.3. The number of anilines is 1. The molecule has 0 bridgehead atoms. The number of furan rings is 1. The number of nitrogens with one attached hydrogen (secondary N) is 1. The molecule has 0 aliphatic carbocycles. The van der Waals surface area contributed by atoms with Gasteiger partial charge in [0.05, 0.1) is 5.69 Å². The first-order valence-electron chi connectivity index (χ1n) is 9.14. The molecule has 0 saturated carbocycles. The maximum Gasteiger partial charge on any atom is 0.449 e. The molecule has 1 N–H and O–H groups in total. The Morgan fingerprint density at radius 3 is 2.22 bits per heavy atom. The summed E-state index contributed by atoms with van der Waals surface area (Å²) in [6.07, 6.45) is -3.75. The third-order valence-electron chi connectivity index (χ3n) is 4.37. The highest BCUT2D eigenvalue weighted by atomic mass is 32.1. The Hall–Kier alpha value is -3.92. The van der Waals surface area contributed by atoms with E-state index in [9.17, 15) is 22.8 Å². The number of halogens is 3. The van der Waals surface area contributed by atoms with E-state index < -0.39 is 29.3 Å². The van der Waals surface area contributed by atoms with Gasteiger partial charge in [-0.3, -0.25) is 19.8 Å².